The Morgan fingerprint density at radius 3 is 2.53 bits per heavy atom. The van der Waals surface area contributed by atoms with E-state index in [-0.39, 0.29) is 28.4 Å². The van der Waals surface area contributed by atoms with Crippen molar-refractivity contribution in [2.24, 2.45) is 11.7 Å². The van der Waals surface area contributed by atoms with Gasteiger partial charge in [0.1, 0.15) is 0 Å². The van der Waals surface area contributed by atoms with Gasteiger partial charge in [0, 0.05) is 13.1 Å². The molecule has 1 heterocycles. The Kier molecular flexibility index (Phi) is 4.48. The smallest absolute Gasteiger partial charge is 0.232 e. The predicted molar refractivity (Wildman–Crippen MR) is 70.4 cm³/mol. The highest BCUT2D eigenvalue weighted by atomic mass is 32.2. The van der Waals surface area contributed by atoms with E-state index < -0.39 is 15.8 Å². The number of nitrogens with two attached hydrogens (primary N) is 1. The van der Waals surface area contributed by atoms with Crippen molar-refractivity contribution in [3.05, 3.63) is 0 Å². The van der Waals surface area contributed by atoms with E-state index in [1.807, 2.05) is 6.92 Å². The second-order valence-electron chi connectivity index (χ2n) is 4.37. The molecular weight excluding hydrogens is 260 g/mol. The molecule has 0 aromatic carbocycles. The fourth-order valence-corrected chi connectivity index (χ4v) is 4.05. The maximum Gasteiger partial charge on any atom is 0.232 e. The zero-order valence-electron chi connectivity index (χ0n) is 10.0. The molecule has 0 radical (unpaired) electrons. The standard InChI is InChI=1S/C10H18N2O3S2/c1-3-8(9(11)16)10(13)12(2)7-4-5-17(14,15)6-7/h7-8H,3-6H2,1-2H3,(H2,11,16). The first-order valence-corrected chi connectivity index (χ1v) is 7.78. The molecule has 7 heteroatoms. The van der Waals surface area contributed by atoms with Gasteiger partial charge in [-0.2, -0.15) is 0 Å². The number of hydrogen-bond acceptors (Lipinski definition) is 4. The van der Waals surface area contributed by atoms with Gasteiger partial charge in [0.05, 0.1) is 22.4 Å². The molecule has 98 valence electrons. The van der Waals surface area contributed by atoms with E-state index in [1.165, 1.54) is 4.90 Å². The van der Waals surface area contributed by atoms with Crippen LogP contribution in [-0.2, 0) is 14.6 Å². The highest BCUT2D eigenvalue weighted by Gasteiger charge is 2.35. The Morgan fingerprint density at radius 1 is 1.59 bits per heavy atom. The van der Waals surface area contributed by atoms with Gasteiger partial charge >= 0.3 is 0 Å². The third-order valence-corrected chi connectivity index (χ3v) is 5.19. The molecule has 0 aliphatic carbocycles. The van der Waals surface area contributed by atoms with Crippen molar-refractivity contribution in [1.82, 2.24) is 4.90 Å². The minimum absolute atomic E-state index is 0.0447. The van der Waals surface area contributed by atoms with Crippen LogP contribution in [0.15, 0.2) is 0 Å². The van der Waals surface area contributed by atoms with Crippen LogP contribution in [0.25, 0.3) is 0 Å². The van der Waals surface area contributed by atoms with Crippen LogP contribution in [0.3, 0.4) is 0 Å². The Labute approximate surface area is 107 Å². The lowest BCUT2D eigenvalue weighted by Gasteiger charge is -2.27. The molecule has 0 bridgehead atoms. The molecule has 0 aromatic heterocycles. The summed E-state index contributed by atoms with van der Waals surface area (Å²) in [5, 5.41) is 0. The highest BCUT2D eigenvalue weighted by Crippen LogP contribution is 2.19. The largest absolute Gasteiger partial charge is 0.393 e. The molecule has 1 aliphatic heterocycles. The van der Waals surface area contributed by atoms with Crippen LogP contribution in [0, 0.1) is 5.92 Å². The van der Waals surface area contributed by atoms with E-state index in [9.17, 15) is 13.2 Å². The number of hydrogen-bond donors (Lipinski definition) is 1. The average molecular weight is 278 g/mol. The first-order chi connectivity index (χ1) is 7.78. The van der Waals surface area contributed by atoms with Gasteiger partial charge in [-0.3, -0.25) is 4.79 Å². The van der Waals surface area contributed by atoms with Crippen molar-refractivity contribution in [2.45, 2.75) is 25.8 Å². The summed E-state index contributed by atoms with van der Waals surface area (Å²) in [5.74, 6) is -0.470. The topological polar surface area (TPSA) is 80.5 Å². The summed E-state index contributed by atoms with van der Waals surface area (Å²) in [4.78, 5) is 13.7. The van der Waals surface area contributed by atoms with Crippen LogP contribution in [-0.4, -0.2) is 48.8 Å². The Hall–Kier alpha value is -0.690. The summed E-state index contributed by atoms with van der Waals surface area (Å²) in [6.45, 7) is 1.83. The number of thiocarbonyl (C=S) groups is 1. The third-order valence-electron chi connectivity index (χ3n) is 3.15. The van der Waals surface area contributed by atoms with Crippen LogP contribution in [0.4, 0.5) is 0 Å². The number of amides is 1. The predicted octanol–water partition coefficient (Wildman–Crippen LogP) is -0.0558. The SMILES string of the molecule is CCC(C(=O)N(C)C1CCS(=O)(=O)C1)C(N)=S. The van der Waals surface area contributed by atoms with E-state index in [1.54, 1.807) is 7.05 Å². The number of nitrogens with zero attached hydrogens (tertiary/aromatic N) is 1. The van der Waals surface area contributed by atoms with Gasteiger partial charge in [-0.1, -0.05) is 19.1 Å². The Balaban J connectivity index is 2.74. The van der Waals surface area contributed by atoms with Crippen molar-refractivity contribution in [1.29, 1.82) is 0 Å². The Bertz CT molecular complexity index is 419. The van der Waals surface area contributed by atoms with E-state index in [4.69, 9.17) is 18.0 Å². The van der Waals surface area contributed by atoms with Crippen LogP contribution in [0.1, 0.15) is 19.8 Å². The zero-order valence-corrected chi connectivity index (χ0v) is 11.7. The van der Waals surface area contributed by atoms with E-state index in [2.05, 4.69) is 0 Å². The molecule has 0 spiro atoms. The molecule has 1 aliphatic rings. The monoisotopic (exact) mass is 278 g/mol. The fraction of sp³-hybridized carbons (Fsp3) is 0.800. The fourth-order valence-electron chi connectivity index (χ4n) is 2.00. The first-order valence-electron chi connectivity index (χ1n) is 5.55. The van der Waals surface area contributed by atoms with Crippen molar-refractivity contribution in [3.8, 4) is 0 Å². The molecule has 0 saturated carbocycles. The van der Waals surface area contributed by atoms with Gasteiger partial charge in [0.25, 0.3) is 0 Å². The zero-order chi connectivity index (χ0) is 13.2. The summed E-state index contributed by atoms with van der Waals surface area (Å²) in [6, 6.07) is -0.240. The summed E-state index contributed by atoms with van der Waals surface area (Å²) in [6.07, 6.45) is 1.04. The maximum absolute atomic E-state index is 12.1. The number of rotatable bonds is 4. The number of carbonyl (C=O) groups is 1. The quantitative estimate of drug-likeness (QED) is 0.729. The summed E-state index contributed by atoms with van der Waals surface area (Å²) in [5.41, 5.74) is 5.50. The average Bonchev–Trinajstić information content (AvgIpc) is 2.58. The number of carbonyl (C=O) groups excluding carboxylic acids is 1. The summed E-state index contributed by atoms with van der Waals surface area (Å²) in [7, 11) is -1.36. The minimum atomic E-state index is -2.98. The second-order valence-corrected chi connectivity index (χ2v) is 7.07. The lowest BCUT2D eigenvalue weighted by molar-refractivity contribution is -0.133. The molecule has 1 fully saturated rings. The molecule has 2 atom stereocenters. The number of sulfone groups is 1. The van der Waals surface area contributed by atoms with Crippen molar-refractivity contribution >= 4 is 33.0 Å². The molecule has 0 aromatic rings. The van der Waals surface area contributed by atoms with E-state index in [0.29, 0.717) is 12.8 Å². The van der Waals surface area contributed by atoms with Gasteiger partial charge in [0.15, 0.2) is 9.84 Å². The lowest BCUT2D eigenvalue weighted by Crippen LogP contribution is -2.44. The molecule has 2 N–H and O–H groups in total. The van der Waals surface area contributed by atoms with Gasteiger partial charge in [-0.05, 0) is 12.8 Å². The maximum atomic E-state index is 12.1. The molecular formula is C10H18N2O3S2. The molecule has 2 unspecified atom stereocenters. The molecule has 17 heavy (non-hydrogen) atoms. The van der Waals surface area contributed by atoms with Gasteiger partial charge in [-0.15, -0.1) is 0 Å². The van der Waals surface area contributed by atoms with Crippen LogP contribution < -0.4 is 5.73 Å². The normalized spacial score (nSPS) is 24.2. The van der Waals surface area contributed by atoms with Gasteiger partial charge in [0.2, 0.25) is 5.91 Å². The van der Waals surface area contributed by atoms with Gasteiger partial charge < -0.3 is 10.6 Å². The van der Waals surface area contributed by atoms with E-state index in [0.717, 1.165) is 0 Å². The van der Waals surface area contributed by atoms with Gasteiger partial charge in [-0.25, -0.2) is 8.42 Å². The highest BCUT2D eigenvalue weighted by molar-refractivity contribution is 7.91. The van der Waals surface area contributed by atoms with Crippen LogP contribution >= 0.6 is 12.2 Å². The summed E-state index contributed by atoms with van der Waals surface area (Å²) >= 11 is 4.84. The summed E-state index contributed by atoms with van der Waals surface area (Å²) < 4.78 is 22.7. The molecule has 1 rings (SSSR count). The van der Waals surface area contributed by atoms with Crippen molar-refractivity contribution in [2.75, 3.05) is 18.6 Å². The van der Waals surface area contributed by atoms with Crippen LogP contribution in [0.5, 0.6) is 0 Å². The van der Waals surface area contributed by atoms with E-state index >= 15 is 0 Å². The first kappa shape index (κ1) is 14.4. The third kappa shape index (κ3) is 3.38. The van der Waals surface area contributed by atoms with Crippen molar-refractivity contribution in [3.63, 3.8) is 0 Å². The Morgan fingerprint density at radius 2 is 2.18 bits per heavy atom. The molecule has 5 nitrogen and oxygen atoms in total. The van der Waals surface area contributed by atoms with Crippen LogP contribution in [0.2, 0.25) is 0 Å². The minimum Gasteiger partial charge on any atom is -0.393 e. The molecule has 1 amide bonds. The molecule has 1 saturated heterocycles. The van der Waals surface area contributed by atoms with Crippen molar-refractivity contribution < 1.29 is 13.2 Å². The lowest BCUT2D eigenvalue weighted by atomic mass is 10.0. The second kappa shape index (κ2) is 5.30.